The van der Waals surface area contributed by atoms with Gasteiger partial charge in [-0.3, -0.25) is 9.69 Å². The maximum atomic E-state index is 12.6. The highest BCUT2D eigenvalue weighted by Gasteiger charge is 2.40. The van der Waals surface area contributed by atoms with Gasteiger partial charge in [-0.25, -0.2) is 9.59 Å². The molecule has 1 heterocycles. The van der Waals surface area contributed by atoms with Gasteiger partial charge < -0.3 is 29.9 Å². The maximum Gasteiger partial charge on any atom is 0.411 e. The Balaban J connectivity index is 2.93. The zero-order valence-electron chi connectivity index (χ0n) is 17.5. The summed E-state index contributed by atoms with van der Waals surface area (Å²) in [4.78, 5) is 40.1. The number of nitrogens with one attached hydrogen (secondary N) is 1. The summed E-state index contributed by atoms with van der Waals surface area (Å²) in [5.41, 5.74) is -1.43. The van der Waals surface area contributed by atoms with Crippen molar-refractivity contribution >= 4 is 18.1 Å². The quantitative estimate of drug-likeness (QED) is 0.616. The molecule has 10 nitrogen and oxygen atoms in total. The molecule has 0 saturated carbocycles. The minimum atomic E-state index is -1.12. The Morgan fingerprint density at radius 3 is 2.07 bits per heavy atom. The standard InChI is InChI=1S/C18H33N3O7/c1-17(2,3)27-15(25)20-7-8-21(16(26)28-18(4,5)6)13(10-20)14(24)19-9-12(23)11-22/h12-13,22-23H,7-11H2,1-6H3,(H,19,24). The summed E-state index contributed by atoms with van der Waals surface area (Å²) in [5, 5.41) is 20.8. The number of rotatable bonds is 4. The molecule has 0 spiro atoms. The lowest BCUT2D eigenvalue weighted by Crippen LogP contribution is -2.62. The third-order valence-electron chi connectivity index (χ3n) is 3.69. The summed E-state index contributed by atoms with van der Waals surface area (Å²) < 4.78 is 10.7. The first-order chi connectivity index (χ1) is 12.7. The molecule has 1 rings (SSSR count). The van der Waals surface area contributed by atoms with Crippen LogP contribution < -0.4 is 5.32 Å². The van der Waals surface area contributed by atoms with E-state index in [1.807, 2.05) is 0 Å². The minimum Gasteiger partial charge on any atom is -0.444 e. The molecule has 1 aliphatic heterocycles. The number of carbonyl (C=O) groups is 3. The molecule has 1 fully saturated rings. The van der Waals surface area contributed by atoms with Gasteiger partial charge in [0, 0.05) is 19.6 Å². The minimum absolute atomic E-state index is 0.0742. The third kappa shape index (κ3) is 7.89. The van der Waals surface area contributed by atoms with Crippen molar-refractivity contribution in [2.75, 3.05) is 32.8 Å². The van der Waals surface area contributed by atoms with Gasteiger partial charge in [-0.05, 0) is 41.5 Å². The van der Waals surface area contributed by atoms with Gasteiger partial charge in [0.25, 0.3) is 0 Å². The molecule has 1 saturated heterocycles. The highest BCUT2D eigenvalue weighted by Crippen LogP contribution is 2.18. The first kappa shape index (κ1) is 24.0. The lowest BCUT2D eigenvalue weighted by atomic mass is 10.1. The van der Waals surface area contributed by atoms with Crippen LogP contribution in [0.15, 0.2) is 0 Å². The molecule has 3 N–H and O–H groups in total. The lowest BCUT2D eigenvalue weighted by molar-refractivity contribution is -0.129. The highest BCUT2D eigenvalue weighted by molar-refractivity contribution is 5.87. The number of ether oxygens (including phenoxy) is 2. The van der Waals surface area contributed by atoms with Crippen molar-refractivity contribution in [3.05, 3.63) is 0 Å². The van der Waals surface area contributed by atoms with E-state index in [0.29, 0.717) is 0 Å². The van der Waals surface area contributed by atoms with Gasteiger partial charge in [-0.1, -0.05) is 0 Å². The van der Waals surface area contributed by atoms with Gasteiger partial charge in [-0.15, -0.1) is 0 Å². The summed E-state index contributed by atoms with van der Waals surface area (Å²) in [5.74, 6) is -0.563. The van der Waals surface area contributed by atoms with Crippen LogP contribution in [0.2, 0.25) is 0 Å². The van der Waals surface area contributed by atoms with Crippen LogP contribution in [0.5, 0.6) is 0 Å². The van der Waals surface area contributed by atoms with E-state index in [4.69, 9.17) is 14.6 Å². The van der Waals surface area contributed by atoms with E-state index in [1.54, 1.807) is 41.5 Å². The smallest absolute Gasteiger partial charge is 0.411 e. The number of carbonyl (C=O) groups excluding carboxylic acids is 3. The van der Waals surface area contributed by atoms with Gasteiger partial charge >= 0.3 is 12.2 Å². The number of hydrogen-bond acceptors (Lipinski definition) is 7. The van der Waals surface area contributed by atoms with Gasteiger partial charge in [0.2, 0.25) is 5.91 Å². The van der Waals surface area contributed by atoms with Crippen LogP contribution >= 0.6 is 0 Å². The third-order valence-corrected chi connectivity index (χ3v) is 3.69. The van der Waals surface area contributed by atoms with E-state index < -0.39 is 48.0 Å². The Morgan fingerprint density at radius 1 is 1.04 bits per heavy atom. The number of aliphatic hydroxyl groups is 2. The molecule has 2 atom stereocenters. The van der Waals surface area contributed by atoms with Crippen LogP contribution in [0.4, 0.5) is 9.59 Å². The number of amides is 3. The van der Waals surface area contributed by atoms with E-state index in [-0.39, 0.29) is 26.2 Å². The van der Waals surface area contributed by atoms with E-state index >= 15 is 0 Å². The molecule has 28 heavy (non-hydrogen) atoms. The zero-order chi connectivity index (χ0) is 21.7. The second-order valence-electron chi connectivity index (χ2n) is 8.70. The van der Waals surface area contributed by atoms with Crippen molar-refractivity contribution < 1.29 is 34.1 Å². The van der Waals surface area contributed by atoms with Crippen LogP contribution in [0.1, 0.15) is 41.5 Å². The van der Waals surface area contributed by atoms with Crippen LogP contribution in [0, 0.1) is 0 Å². The number of piperazine rings is 1. The molecule has 0 bridgehead atoms. The maximum absolute atomic E-state index is 12.6. The van der Waals surface area contributed by atoms with Crippen molar-refractivity contribution in [1.82, 2.24) is 15.1 Å². The summed E-state index contributed by atoms with van der Waals surface area (Å²) in [6, 6.07) is -1.01. The predicted octanol–water partition coefficient (Wildman–Crippen LogP) is 0.312. The van der Waals surface area contributed by atoms with E-state index in [0.717, 1.165) is 0 Å². The van der Waals surface area contributed by atoms with Gasteiger partial charge in [-0.2, -0.15) is 0 Å². The van der Waals surface area contributed by atoms with Crippen molar-refractivity contribution in [2.45, 2.75) is 64.9 Å². The van der Waals surface area contributed by atoms with E-state index in [1.165, 1.54) is 9.80 Å². The molecule has 0 aliphatic carbocycles. The van der Waals surface area contributed by atoms with Crippen molar-refractivity contribution in [1.29, 1.82) is 0 Å². The second kappa shape index (κ2) is 9.42. The number of aliphatic hydroxyl groups excluding tert-OH is 2. The average molecular weight is 403 g/mol. The molecule has 0 aromatic heterocycles. The summed E-state index contributed by atoms with van der Waals surface area (Å²) in [6.45, 7) is 9.89. The summed E-state index contributed by atoms with van der Waals surface area (Å²) >= 11 is 0. The van der Waals surface area contributed by atoms with Crippen LogP contribution in [0.25, 0.3) is 0 Å². The molecular weight excluding hydrogens is 370 g/mol. The van der Waals surface area contributed by atoms with Gasteiger partial charge in [0.1, 0.15) is 17.2 Å². The fourth-order valence-corrected chi connectivity index (χ4v) is 2.44. The number of nitrogens with zero attached hydrogens (tertiary/aromatic N) is 2. The Labute approximate surface area is 165 Å². The molecule has 10 heteroatoms. The molecule has 0 aromatic carbocycles. The Morgan fingerprint density at radius 2 is 1.57 bits per heavy atom. The van der Waals surface area contributed by atoms with Crippen molar-refractivity contribution in [3.63, 3.8) is 0 Å². The largest absolute Gasteiger partial charge is 0.444 e. The molecule has 2 unspecified atom stereocenters. The summed E-state index contributed by atoms with van der Waals surface area (Å²) in [6.07, 6.45) is -2.37. The Bertz CT molecular complexity index is 569. The SMILES string of the molecule is CC(C)(C)OC(=O)N1CCN(C(=O)OC(C)(C)C)C(C(=O)NCC(O)CO)C1. The van der Waals surface area contributed by atoms with Crippen molar-refractivity contribution in [3.8, 4) is 0 Å². The fraction of sp³-hybridized carbons (Fsp3) is 0.833. The highest BCUT2D eigenvalue weighted by atomic mass is 16.6. The molecular formula is C18H33N3O7. The normalized spacial score (nSPS) is 19.1. The topological polar surface area (TPSA) is 129 Å². The van der Waals surface area contributed by atoms with Gasteiger partial charge in [0.15, 0.2) is 0 Å². The van der Waals surface area contributed by atoms with Crippen LogP contribution in [-0.2, 0) is 14.3 Å². The van der Waals surface area contributed by atoms with Gasteiger partial charge in [0.05, 0.1) is 19.3 Å². The second-order valence-corrected chi connectivity index (χ2v) is 8.70. The molecule has 3 amide bonds. The predicted molar refractivity (Wildman–Crippen MR) is 101 cm³/mol. The lowest BCUT2D eigenvalue weighted by Gasteiger charge is -2.41. The molecule has 1 aliphatic rings. The zero-order valence-corrected chi connectivity index (χ0v) is 17.5. The Hall–Kier alpha value is -2.07. The van der Waals surface area contributed by atoms with E-state index in [9.17, 15) is 19.5 Å². The molecule has 0 radical (unpaired) electrons. The van der Waals surface area contributed by atoms with Crippen LogP contribution in [-0.4, -0.2) is 94.2 Å². The first-order valence-corrected chi connectivity index (χ1v) is 9.27. The van der Waals surface area contributed by atoms with Crippen molar-refractivity contribution in [2.24, 2.45) is 0 Å². The van der Waals surface area contributed by atoms with Crippen LogP contribution in [0.3, 0.4) is 0 Å². The monoisotopic (exact) mass is 403 g/mol. The van der Waals surface area contributed by atoms with E-state index in [2.05, 4.69) is 5.32 Å². The average Bonchev–Trinajstić information content (AvgIpc) is 2.55. The summed E-state index contributed by atoms with van der Waals surface area (Å²) in [7, 11) is 0. The molecule has 0 aromatic rings. The fourth-order valence-electron chi connectivity index (χ4n) is 2.44. The Kier molecular flexibility index (Phi) is 8.06. The number of hydrogen-bond donors (Lipinski definition) is 3. The first-order valence-electron chi connectivity index (χ1n) is 9.27. The molecule has 162 valence electrons.